The molecule has 1 aliphatic heterocycles. The predicted octanol–water partition coefficient (Wildman–Crippen LogP) is 2.91. The summed E-state index contributed by atoms with van der Waals surface area (Å²) in [7, 11) is 0. The van der Waals surface area contributed by atoms with Crippen LogP contribution >= 0.6 is 0 Å². The summed E-state index contributed by atoms with van der Waals surface area (Å²) in [5.41, 5.74) is 1.06. The molecule has 1 heterocycles. The molecule has 1 aromatic carbocycles. The largest absolute Gasteiger partial charge is 0.447 e. The van der Waals surface area contributed by atoms with Crippen molar-refractivity contribution in [1.29, 1.82) is 5.26 Å². The van der Waals surface area contributed by atoms with E-state index >= 15 is 0 Å². The second-order valence-electron chi connectivity index (χ2n) is 5.43. The molecule has 5 nitrogen and oxygen atoms in total. The molecule has 2 rings (SSSR count). The van der Waals surface area contributed by atoms with Crippen LogP contribution in [0, 0.1) is 17.2 Å². The number of amides is 2. The summed E-state index contributed by atoms with van der Waals surface area (Å²) in [5, 5.41) is 8.69. The van der Waals surface area contributed by atoms with E-state index in [1.807, 2.05) is 37.3 Å². The molecule has 1 aromatic rings. The molecule has 2 amide bonds. The van der Waals surface area contributed by atoms with Crippen LogP contribution in [0.1, 0.15) is 31.7 Å². The quantitative estimate of drug-likeness (QED) is 0.810. The lowest BCUT2D eigenvalue weighted by Gasteiger charge is -2.24. The molecular weight excluding hydrogens is 280 g/mol. The van der Waals surface area contributed by atoms with Crippen molar-refractivity contribution in [3.63, 3.8) is 0 Å². The maximum atomic E-state index is 12.6. The third-order valence-electron chi connectivity index (χ3n) is 3.96. The van der Waals surface area contributed by atoms with Crippen LogP contribution in [-0.4, -0.2) is 29.5 Å². The molecule has 22 heavy (non-hydrogen) atoms. The van der Waals surface area contributed by atoms with Crippen molar-refractivity contribution in [1.82, 2.24) is 4.90 Å². The van der Waals surface area contributed by atoms with Crippen LogP contribution in [-0.2, 0) is 16.0 Å². The third-order valence-corrected chi connectivity index (χ3v) is 3.96. The number of hydrogen-bond donors (Lipinski definition) is 0. The summed E-state index contributed by atoms with van der Waals surface area (Å²) in [6.45, 7) is 2.13. The Hall–Kier alpha value is -2.35. The van der Waals surface area contributed by atoms with Gasteiger partial charge in [-0.3, -0.25) is 4.79 Å². The summed E-state index contributed by atoms with van der Waals surface area (Å²) in [6, 6.07) is 11.5. The molecule has 0 N–H and O–H groups in total. The van der Waals surface area contributed by atoms with Crippen molar-refractivity contribution in [3.8, 4) is 6.07 Å². The van der Waals surface area contributed by atoms with E-state index in [1.54, 1.807) is 0 Å². The molecule has 1 saturated heterocycles. The number of ether oxygens (including phenoxy) is 1. The Morgan fingerprint density at radius 3 is 2.82 bits per heavy atom. The summed E-state index contributed by atoms with van der Waals surface area (Å²) in [6.07, 6.45) is 1.43. The van der Waals surface area contributed by atoms with Crippen molar-refractivity contribution in [2.75, 3.05) is 6.61 Å². The summed E-state index contributed by atoms with van der Waals surface area (Å²) in [5.74, 6) is -0.523. The molecule has 1 aliphatic rings. The predicted molar refractivity (Wildman–Crippen MR) is 80.8 cm³/mol. The standard InChI is InChI=1S/C17H20N2O3/c1-2-14(9-6-10-18)16(20)19-15(12-22-17(19)21)11-13-7-4-3-5-8-13/h3-5,7-8,14-15H,2,6,9,11-12H2,1H3/t14-,15+/m1/s1. The minimum atomic E-state index is -0.568. The molecule has 1 fully saturated rings. The van der Waals surface area contributed by atoms with Gasteiger partial charge in [-0.25, -0.2) is 9.69 Å². The Kier molecular flexibility index (Phi) is 5.54. The first-order valence-corrected chi connectivity index (χ1v) is 7.58. The van der Waals surface area contributed by atoms with Gasteiger partial charge in [-0.05, 0) is 24.8 Å². The van der Waals surface area contributed by atoms with Gasteiger partial charge in [0, 0.05) is 12.3 Å². The Morgan fingerprint density at radius 1 is 1.45 bits per heavy atom. The number of carbonyl (C=O) groups excluding carboxylic acids is 2. The van der Waals surface area contributed by atoms with Crippen LogP contribution in [0.5, 0.6) is 0 Å². The Morgan fingerprint density at radius 2 is 2.18 bits per heavy atom. The van der Waals surface area contributed by atoms with Crippen LogP contribution in [0.25, 0.3) is 0 Å². The zero-order valence-electron chi connectivity index (χ0n) is 12.7. The maximum Gasteiger partial charge on any atom is 0.416 e. The number of cyclic esters (lactones) is 1. The van der Waals surface area contributed by atoms with Gasteiger partial charge in [0.2, 0.25) is 5.91 Å². The van der Waals surface area contributed by atoms with E-state index in [2.05, 4.69) is 6.07 Å². The van der Waals surface area contributed by atoms with Crippen molar-refractivity contribution < 1.29 is 14.3 Å². The van der Waals surface area contributed by atoms with E-state index in [4.69, 9.17) is 10.00 Å². The van der Waals surface area contributed by atoms with Gasteiger partial charge in [0.15, 0.2) is 0 Å². The monoisotopic (exact) mass is 300 g/mol. The lowest BCUT2D eigenvalue weighted by molar-refractivity contribution is -0.133. The molecule has 0 spiro atoms. The Bertz CT molecular complexity index is 565. The minimum absolute atomic E-state index is 0.221. The topological polar surface area (TPSA) is 70.4 Å². The lowest BCUT2D eigenvalue weighted by atomic mass is 9.97. The fraction of sp³-hybridized carbons (Fsp3) is 0.471. The first kappa shape index (κ1) is 16.0. The highest BCUT2D eigenvalue weighted by molar-refractivity contribution is 5.94. The molecule has 0 radical (unpaired) electrons. The van der Waals surface area contributed by atoms with E-state index in [1.165, 1.54) is 4.90 Å². The zero-order chi connectivity index (χ0) is 15.9. The van der Waals surface area contributed by atoms with Gasteiger partial charge in [-0.2, -0.15) is 5.26 Å². The zero-order valence-corrected chi connectivity index (χ0v) is 12.7. The molecule has 0 aliphatic carbocycles. The molecule has 2 atom stereocenters. The molecule has 5 heteroatoms. The Labute approximate surface area is 130 Å². The van der Waals surface area contributed by atoms with Crippen LogP contribution in [0.3, 0.4) is 0 Å². The fourth-order valence-electron chi connectivity index (χ4n) is 2.70. The van der Waals surface area contributed by atoms with Gasteiger partial charge in [0.1, 0.15) is 6.61 Å². The van der Waals surface area contributed by atoms with Gasteiger partial charge < -0.3 is 4.74 Å². The molecule has 0 aromatic heterocycles. The van der Waals surface area contributed by atoms with Gasteiger partial charge in [-0.15, -0.1) is 0 Å². The minimum Gasteiger partial charge on any atom is -0.447 e. The SMILES string of the molecule is CC[C@H](CCC#N)C(=O)N1C(=O)OC[C@@H]1Cc1ccccc1. The van der Waals surface area contributed by atoms with Crippen molar-refractivity contribution in [2.45, 2.75) is 38.6 Å². The highest BCUT2D eigenvalue weighted by Gasteiger charge is 2.40. The smallest absolute Gasteiger partial charge is 0.416 e. The molecule has 0 saturated carbocycles. The Balaban J connectivity index is 2.10. The average molecular weight is 300 g/mol. The highest BCUT2D eigenvalue weighted by Crippen LogP contribution is 2.23. The van der Waals surface area contributed by atoms with E-state index in [9.17, 15) is 9.59 Å². The molecule has 0 unspecified atom stereocenters. The summed E-state index contributed by atoms with van der Waals surface area (Å²) in [4.78, 5) is 25.8. The van der Waals surface area contributed by atoms with Crippen molar-refractivity contribution in [3.05, 3.63) is 35.9 Å². The lowest BCUT2D eigenvalue weighted by Crippen LogP contribution is -2.43. The number of nitriles is 1. The van der Waals surface area contributed by atoms with Gasteiger partial charge in [-0.1, -0.05) is 37.3 Å². The van der Waals surface area contributed by atoms with E-state index < -0.39 is 6.09 Å². The van der Waals surface area contributed by atoms with Crippen LogP contribution in [0.4, 0.5) is 4.79 Å². The third kappa shape index (κ3) is 3.64. The van der Waals surface area contributed by atoms with Crippen LogP contribution in [0.2, 0.25) is 0 Å². The molecule has 116 valence electrons. The number of hydrogen-bond acceptors (Lipinski definition) is 4. The second-order valence-corrected chi connectivity index (χ2v) is 5.43. The van der Waals surface area contributed by atoms with Crippen LogP contribution in [0.15, 0.2) is 30.3 Å². The number of nitrogens with zero attached hydrogens (tertiary/aromatic N) is 2. The number of carbonyl (C=O) groups is 2. The van der Waals surface area contributed by atoms with Crippen LogP contribution < -0.4 is 0 Å². The van der Waals surface area contributed by atoms with E-state index in [-0.39, 0.29) is 24.5 Å². The second kappa shape index (κ2) is 7.60. The summed E-state index contributed by atoms with van der Waals surface area (Å²) < 4.78 is 5.07. The molecule has 0 bridgehead atoms. The fourth-order valence-corrected chi connectivity index (χ4v) is 2.70. The normalized spacial score (nSPS) is 18.6. The van der Waals surface area contributed by atoms with Crippen molar-refractivity contribution >= 4 is 12.0 Å². The first-order chi connectivity index (χ1) is 10.7. The molecular formula is C17H20N2O3. The number of benzene rings is 1. The van der Waals surface area contributed by atoms with Gasteiger partial charge in [0.05, 0.1) is 12.1 Å². The van der Waals surface area contributed by atoms with Gasteiger partial charge >= 0.3 is 6.09 Å². The van der Waals surface area contributed by atoms with E-state index in [0.29, 0.717) is 25.7 Å². The number of imide groups is 1. The number of rotatable bonds is 6. The van der Waals surface area contributed by atoms with E-state index in [0.717, 1.165) is 5.56 Å². The first-order valence-electron chi connectivity index (χ1n) is 7.58. The van der Waals surface area contributed by atoms with Crippen molar-refractivity contribution in [2.24, 2.45) is 5.92 Å². The highest BCUT2D eigenvalue weighted by atomic mass is 16.6. The maximum absolute atomic E-state index is 12.6. The van der Waals surface area contributed by atoms with Gasteiger partial charge in [0.25, 0.3) is 0 Å². The summed E-state index contributed by atoms with van der Waals surface area (Å²) >= 11 is 0. The average Bonchev–Trinajstić information content (AvgIpc) is 2.89.